The summed E-state index contributed by atoms with van der Waals surface area (Å²) in [6, 6.07) is 5.24. The standard InChI is InChI=1S/C19H24N2O4/c1-3-16(24-4-2)17-14-10-12(7-8-15(14)21-19(17)23)18(22)20-11-13-6-5-9-25-13/h7-8,10,13H,3-6,9,11H2,1-2H3,(H,20,22)(H,21,23)/b17-16-/t13-/m1/s1. The van der Waals surface area contributed by atoms with Gasteiger partial charge in [0.2, 0.25) is 0 Å². The van der Waals surface area contributed by atoms with Crippen molar-refractivity contribution < 1.29 is 19.1 Å². The number of carbonyl (C=O) groups is 2. The van der Waals surface area contributed by atoms with Crippen LogP contribution in [0.5, 0.6) is 0 Å². The van der Waals surface area contributed by atoms with E-state index in [1.54, 1.807) is 18.2 Å². The van der Waals surface area contributed by atoms with Gasteiger partial charge in [0, 0.05) is 36.4 Å². The summed E-state index contributed by atoms with van der Waals surface area (Å²) in [5.74, 6) is 0.305. The van der Waals surface area contributed by atoms with Crippen molar-refractivity contribution in [3.63, 3.8) is 0 Å². The van der Waals surface area contributed by atoms with E-state index in [0.717, 1.165) is 25.0 Å². The van der Waals surface area contributed by atoms with Gasteiger partial charge in [0.1, 0.15) is 5.76 Å². The second kappa shape index (κ2) is 7.70. The lowest BCUT2D eigenvalue weighted by Crippen LogP contribution is -2.31. The second-order valence-corrected chi connectivity index (χ2v) is 6.14. The fourth-order valence-electron chi connectivity index (χ4n) is 3.22. The first kappa shape index (κ1) is 17.5. The highest BCUT2D eigenvalue weighted by atomic mass is 16.5. The monoisotopic (exact) mass is 344 g/mol. The number of carbonyl (C=O) groups excluding carboxylic acids is 2. The Morgan fingerprint density at radius 1 is 1.40 bits per heavy atom. The summed E-state index contributed by atoms with van der Waals surface area (Å²) in [5.41, 5.74) is 2.48. The Bertz CT molecular complexity index is 705. The van der Waals surface area contributed by atoms with Crippen molar-refractivity contribution in [2.45, 2.75) is 39.2 Å². The molecular formula is C19H24N2O4. The second-order valence-electron chi connectivity index (χ2n) is 6.14. The van der Waals surface area contributed by atoms with Crippen LogP contribution in [0.15, 0.2) is 24.0 Å². The van der Waals surface area contributed by atoms with Crippen LogP contribution in [0.3, 0.4) is 0 Å². The van der Waals surface area contributed by atoms with E-state index in [0.29, 0.717) is 42.2 Å². The summed E-state index contributed by atoms with van der Waals surface area (Å²) < 4.78 is 11.1. The molecule has 0 radical (unpaired) electrons. The molecule has 0 unspecified atom stereocenters. The first-order chi connectivity index (χ1) is 12.1. The molecule has 0 saturated carbocycles. The number of hydrogen-bond donors (Lipinski definition) is 2. The maximum atomic E-state index is 12.4. The molecule has 6 nitrogen and oxygen atoms in total. The minimum atomic E-state index is -0.183. The van der Waals surface area contributed by atoms with Gasteiger partial charge in [0.25, 0.3) is 11.8 Å². The van der Waals surface area contributed by atoms with E-state index in [1.807, 2.05) is 13.8 Å². The number of nitrogens with one attached hydrogen (secondary N) is 2. The molecule has 25 heavy (non-hydrogen) atoms. The largest absolute Gasteiger partial charge is 0.497 e. The Balaban J connectivity index is 1.82. The summed E-state index contributed by atoms with van der Waals surface area (Å²) >= 11 is 0. The van der Waals surface area contributed by atoms with Gasteiger partial charge in [-0.3, -0.25) is 9.59 Å². The molecule has 1 saturated heterocycles. The summed E-state index contributed by atoms with van der Waals surface area (Å²) in [6.45, 7) is 5.60. The van der Waals surface area contributed by atoms with Gasteiger partial charge < -0.3 is 20.1 Å². The molecule has 0 bridgehead atoms. The lowest BCUT2D eigenvalue weighted by atomic mass is 10.0. The molecule has 3 rings (SSSR count). The van der Waals surface area contributed by atoms with Gasteiger partial charge in [-0.05, 0) is 38.0 Å². The zero-order valence-corrected chi connectivity index (χ0v) is 14.7. The molecule has 0 aliphatic carbocycles. The molecule has 1 aromatic rings. The Hall–Kier alpha value is -2.34. The minimum Gasteiger partial charge on any atom is -0.497 e. The summed E-state index contributed by atoms with van der Waals surface area (Å²) in [4.78, 5) is 24.8. The van der Waals surface area contributed by atoms with Gasteiger partial charge in [-0.2, -0.15) is 0 Å². The van der Waals surface area contributed by atoms with Crippen LogP contribution in [0.2, 0.25) is 0 Å². The van der Waals surface area contributed by atoms with Crippen LogP contribution >= 0.6 is 0 Å². The molecule has 0 aromatic heterocycles. The van der Waals surface area contributed by atoms with Crippen molar-refractivity contribution in [2.24, 2.45) is 0 Å². The van der Waals surface area contributed by atoms with E-state index in [4.69, 9.17) is 9.47 Å². The number of rotatable bonds is 6. The summed E-state index contributed by atoms with van der Waals surface area (Å²) in [6.07, 6.45) is 2.73. The van der Waals surface area contributed by atoms with Crippen LogP contribution in [-0.2, 0) is 14.3 Å². The van der Waals surface area contributed by atoms with Crippen molar-refractivity contribution in [1.29, 1.82) is 0 Å². The highest BCUT2D eigenvalue weighted by molar-refractivity contribution is 6.32. The van der Waals surface area contributed by atoms with E-state index in [-0.39, 0.29) is 17.9 Å². The van der Waals surface area contributed by atoms with Gasteiger partial charge >= 0.3 is 0 Å². The highest BCUT2D eigenvalue weighted by Crippen LogP contribution is 2.35. The predicted molar refractivity (Wildman–Crippen MR) is 95.2 cm³/mol. The Kier molecular flexibility index (Phi) is 5.38. The maximum absolute atomic E-state index is 12.4. The topological polar surface area (TPSA) is 76.7 Å². The number of ether oxygens (including phenoxy) is 2. The molecule has 1 atom stereocenters. The number of hydrogen-bond acceptors (Lipinski definition) is 4. The van der Waals surface area contributed by atoms with Crippen LogP contribution in [0.1, 0.15) is 49.0 Å². The Labute approximate surface area is 147 Å². The molecule has 2 aliphatic heterocycles. The van der Waals surface area contributed by atoms with Crippen molar-refractivity contribution in [3.8, 4) is 0 Å². The number of benzene rings is 1. The minimum absolute atomic E-state index is 0.0988. The van der Waals surface area contributed by atoms with Crippen molar-refractivity contribution in [1.82, 2.24) is 5.32 Å². The average Bonchev–Trinajstić information content (AvgIpc) is 3.24. The van der Waals surface area contributed by atoms with Crippen molar-refractivity contribution in [3.05, 3.63) is 35.1 Å². The third-order valence-corrected chi connectivity index (χ3v) is 4.46. The normalized spacial score (nSPS) is 20.9. The average molecular weight is 344 g/mol. The molecule has 0 spiro atoms. The fourth-order valence-corrected chi connectivity index (χ4v) is 3.22. The van der Waals surface area contributed by atoms with Crippen LogP contribution < -0.4 is 10.6 Å². The quantitative estimate of drug-likeness (QED) is 0.614. The zero-order chi connectivity index (χ0) is 17.8. The molecule has 134 valence electrons. The Morgan fingerprint density at radius 2 is 2.24 bits per heavy atom. The molecule has 2 N–H and O–H groups in total. The summed E-state index contributed by atoms with van der Waals surface area (Å²) in [5, 5.41) is 5.74. The first-order valence-electron chi connectivity index (χ1n) is 8.85. The van der Waals surface area contributed by atoms with E-state index >= 15 is 0 Å². The maximum Gasteiger partial charge on any atom is 0.259 e. The number of amides is 2. The van der Waals surface area contributed by atoms with Gasteiger partial charge in [0.15, 0.2) is 0 Å². The number of fused-ring (bicyclic) bond motifs is 1. The molecule has 2 amide bonds. The van der Waals surface area contributed by atoms with Crippen LogP contribution in [-0.4, -0.2) is 37.7 Å². The third kappa shape index (κ3) is 3.69. The number of allylic oxidation sites excluding steroid dienone is 1. The third-order valence-electron chi connectivity index (χ3n) is 4.46. The van der Waals surface area contributed by atoms with Crippen LogP contribution in [0.4, 0.5) is 5.69 Å². The number of anilines is 1. The molecule has 1 fully saturated rings. The SMILES string of the molecule is CCO/C(CC)=C1\C(=O)Nc2ccc(C(=O)NC[C@H]3CCCO3)cc21. The highest BCUT2D eigenvalue weighted by Gasteiger charge is 2.29. The molecule has 2 aliphatic rings. The molecular weight excluding hydrogens is 320 g/mol. The van der Waals surface area contributed by atoms with Crippen LogP contribution in [0.25, 0.3) is 5.57 Å². The van der Waals surface area contributed by atoms with Crippen molar-refractivity contribution in [2.75, 3.05) is 25.1 Å². The Morgan fingerprint density at radius 3 is 2.92 bits per heavy atom. The molecule has 1 aromatic carbocycles. The van der Waals surface area contributed by atoms with Crippen LogP contribution in [0, 0.1) is 0 Å². The molecule has 2 heterocycles. The lowest BCUT2D eigenvalue weighted by molar-refractivity contribution is -0.111. The van der Waals surface area contributed by atoms with Gasteiger partial charge in [-0.15, -0.1) is 0 Å². The van der Waals surface area contributed by atoms with E-state index in [9.17, 15) is 9.59 Å². The van der Waals surface area contributed by atoms with E-state index in [1.165, 1.54) is 0 Å². The van der Waals surface area contributed by atoms with Crippen molar-refractivity contribution >= 4 is 23.1 Å². The fraction of sp³-hybridized carbons (Fsp3) is 0.474. The first-order valence-corrected chi connectivity index (χ1v) is 8.85. The van der Waals surface area contributed by atoms with E-state index in [2.05, 4.69) is 10.6 Å². The van der Waals surface area contributed by atoms with Gasteiger partial charge in [-0.1, -0.05) is 6.92 Å². The van der Waals surface area contributed by atoms with Gasteiger partial charge in [0.05, 0.1) is 18.3 Å². The van der Waals surface area contributed by atoms with Gasteiger partial charge in [-0.25, -0.2) is 0 Å². The smallest absolute Gasteiger partial charge is 0.259 e. The zero-order valence-electron chi connectivity index (χ0n) is 14.7. The summed E-state index contributed by atoms with van der Waals surface area (Å²) in [7, 11) is 0. The lowest BCUT2D eigenvalue weighted by Gasteiger charge is -2.12. The van der Waals surface area contributed by atoms with E-state index < -0.39 is 0 Å². The predicted octanol–water partition coefficient (Wildman–Crippen LogP) is 2.71. The molecule has 6 heteroatoms.